The molecule has 1 aromatic rings. The van der Waals surface area contributed by atoms with Crippen molar-refractivity contribution in [2.45, 2.75) is 38.2 Å². The fourth-order valence-electron chi connectivity index (χ4n) is 2.22. The Morgan fingerprint density at radius 1 is 1.42 bits per heavy atom. The van der Waals surface area contributed by atoms with Crippen molar-refractivity contribution in [2.24, 2.45) is 0 Å². The van der Waals surface area contributed by atoms with Crippen LogP contribution >= 0.6 is 0 Å². The molecule has 0 aromatic heterocycles. The molecule has 3 N–H and O–H groups in total. The monoisotopic (exact) mass is 266 g/mol. The Morgan fingerprint density at radius 3 is 2.84 bits per heavy atom. The Kier molecular flexibility index (Phi) is 4.74. The van der Waals surface area contributed by atoms with Gasteiger partial charge in [0.2, 0.25) is 5.91 Å². The number of carbonyl (C=O) groups is 1. The summed E-state index contributed by atoms with van der Waals surface area (Å²) in [6.45, 7) is 0.424. The van der Waals surface area contributed by atoms with E-state index in [1.54, 1.807) is 0 Å². The third-order valence-corrected chi connectivity index (χ3v) is 3.26. The Morgan fingerprint density at radius 2 is 2.16 bits per heavy atom. The molecule has 0 bridgehead atoms. The number of halogens is 1. The molecule has 4 nitrogen and oxygen atoms in total. The Hall–Kier alpha value is -1.62. The molecule has 1 aliphatic rings. The lowest BCUT2D eigenvalue weighted by Gasteiger charge is -2.11. The third kappa shape index (κ3) is 4.21. The number of nitrogen functional groups attached to an aromatic ring is 1. The van der Waals surface area contributed by atoms with Gasteiger partial charge in [-0.3, -0.25) is 4.79 Å². The fraction of sp³-hybridized carbons (Fsp3) is 0.500. The predicted molar refractivity (Wildman–Crippen MR) is 72.3 cm³/mol. The Labute approximate surface area is 112 Å². The van der Waals surface area contributed by atoms with Gasteiger partial charge in [0.05, 0.1) is 24.8 Å². The normalized spacial score (nSPS) is 15.6. The van der Waals surface area contributed by atoms with Gasteiger partial charge < -0.3 is 15.8 Å². The van der Waals surface area contributed by atoms with Gasteiger partial charge >= 0.3 is 0 Å². The van der Waals surface area contributed by atoms with Crippen LogP contribution in [0.4, 0.5) is 15.8 Å². The van der Waals surface area contributed by atoms with Gasteiger partial charge in [-0.25, -0.2) is 4.39 Å². The molecule has 1 saturated carbocycles. The molecule has 0 atom stereocenters. The summed E-state index contributed by atoms with van der Waals surface area (Å²) in [5.41, 5.74) is 5.96. The molecule has 1 aliphatic carbocycles. The van der Waals surface area contributed by atoms with Crippen LogP contribution in [0.3, 0.4) is 0 Å². The highest BCUT2D eigenvalue weighted by molar-refractivity contribution is 5.91. The van der Waals surface area contributed by atoms with Crippen LogP contribution in [-0.4, -0.2) is 18.6 Å². The SMILES string of the molecule is Nc1cc(NC(=O)CCOC2CCCC2)ccc1F. The molecule has 19 heavy (non-hydrogen) atoms. The van der Waals surface area contributed by atoms with Crippen molar-refractivity contribution in [1.29, 1.82) is 0 Å². The molecular formula is C14H19FN2O2. The van der Waals surface area contributed by atoms with Gasteiger partial charge in [0.25, 0.3) is 0 Å². The average Bonchev–Trinajstić information content (AvgIpc) is 2.87. The van der Waals surface area contributed by atoms with Crippen LogP contribution in [-0.2, 0) is 9.53 Å². The summed E-state index contributed by atoms with van der Waals surface area (Å²) in [7, 11) is 0. The molecule has 0 spiro atoms. The highest BCUT2D eigenvalue weighted by Gasteiger charge is 2.15. The van der Waals surface area contributed by atoms with Crippen molar-refractivity contribution >= 4 is 17.3 Å². The summed E-state index contributed by atoms with van der Waals surface area (Å²) in [6, 6.07) is 4.13. The molecule has 104 valence electrons. The smallest absolute Gasteiger partial charge is 0.226 e. The maximum atomic E-state index is 13.0. The molecule has 0 radical (unpaired) electrons. The maximum Gasteiger partial charge on any atom is 0.226 e. The van der Waals surface area contributed by atoms with Gasteiger partial charge in [-0.2, -0.15) is 0 Å². The molecule has 5 heteroatoms. The van der Waals surface area contributed by atoms with E-state index in [-0.39, 0.29) is 11.6 Å². The summed E-state index contributed by atoms with van der Waals surface area (Å²) in [5.74, 6) is -0.633. The average molecular weight is 266 g/mol. The molecular weight excluding hydrogens is 247 g/mol. The number of hydrogen-bond acceptors (Lipinski definition) is 3. The van der Waals surface area contributed by atoms with Crippen LogP contribution < -0.4 is 11.1 Å². The van der Waals surface area contributed by atoms with E-state index in [0.717, 1.165) is 12.8 Å². The minimum atomic E-state index is -0.484. The first-order valence-corrected chi connectivity index (χ1v) is 6.61. The summed E-state index contributed by atoms with van der Waals surface area (Å²) >= 11 is 0. The second kappa shape index (κ2) is 6.52. The van der Waals surface area contributed by atoms with Gasteiger partial charge in [-0.15, -0.1) is 0 Å². The van der Waals surface area contributed by atoms with Gasteiger partial charge in [-0.05, 0) is 31.0 Å². The van der Waals surface area contributed by atoms with Crippen LogP contribution in [0, 0.1) is 5.82 Å². The van der Waals surface area contributed by atoms with Gasteiger partial charge in [0, 0.05) is 5.69 Å². The van der Waals surface area contributed by atoms with Crippen LogP contribution in [0.2, 0.25) is 0 Å². The van der Waals surface area contributed by atoms with E-state index < -0.39 is 5.82 Å². The second-order valence-corrected chi connectivity index (χ2v) is 4.81. The van der Waals surface area contributed by atoms with E-state index in [4.69, 9.17) is 10.5 Å². The zero-order valence-electron chi connectivity index (χ0n) is 10.8. The molecule has 1 aromatic carbocycles. The fourth-order valence-corrected chi connectivity index (χ4v) is 2.22. The molecule has 1 amide bonds. The summed E-state index contributed by atoms with van der Waals surface area (Å²) in [4.78, 5) is 11.7. The molecule has 0 unspecified atom stereocenters. The predicted octanol–water partition coefficient (Wildman–Crippen LogP) is 2.70. The van der Waals surface area contributed by atoms with Gasteiger partial charge in [0.15, 0.2) is 0 Å². The number of rotatable bonds is 5. The van der Waals surface area contributed by atoms with E-state index in [1.165, 1.54) is 31.0 Å². The van der Waals surface area contributed by atoms with Crippen LogP contribution in [0.5, 0.6) is 0 Å². The van der Waals surface area contributed by atoms with Crippen molar-refractivity contribution in [3.05, 3.63) is 24.0 Å². The maximum absolute atomic E-state index is 13.0. The molecule has 1 fully saturated rings. The minimum absolute atomic E-state index is 0.0278. The number of benzene rings is 1. The summed E-state index contributed by atoms with van der Waals surface area (Å²) in [5, 5.41) is 2.67. The van der Waals surface area contributed by atoms with Crippen molar-refractivity contribution in [1.82, 2.24) is 0 Å². The van der Waals surface area contributed by atoms with Gasteiger partial charge in [0.1, 0.15) is 5.82 Å². The lowest BCUT2D eigenvalue weighted by atomic mass is 10.2. The van der Waals surface area contributed by atoms with Crippen molar-refractivity contribution in [3.8, 4) is 0 Å². The molecule has 0 saturated heterocycles. The number of amides is 1. The third-order valence-electron chi connectivity index (χ3n) is 3.26. The van der Waals surface area contributed by atoms with Crippen LogP contribution in [0.1, 0.15) is 32.1 Å². The number of nitrogens with one attached hydrogen (secondary N) is 1. The molecule has 2 rings (SSSR count). The molecule has 0 heterocycles. The largest absolute Gasteiger partial charge is 0.396 e. The first-order chi connectivity index (χ1) is 9.15. The van der Waals surface area contributed by atoms with E-state index in [9.17, 15) is 9.18 Å². The number of nitrogens with two attached hydrogens (primary N) is 1. The van der Waals surface area contributed by atoms with Crippen molar-refractivity contribution in [3.63, 3.8) is 0 Å². The second-order valence-electron chi connectivity index (χ2n) is 4.81. The van der Waals surface area contributed by atoms with Crippen LogP contribution in [0.15, 0.2) is 18.2 Å². The number of anilines is 2. The zero-order chi connectivity index (χ0) is 13.7. The first kappa shape index (κ1) is 13.8. The first-order valence-electron chi connectivity index (χ1n) is 6.61. The van der Waals surface area contributed by atoms with E-state index >= 15 is 0 Å². The van der Waals surface area contributed by atoms with E-state index in [2.05, 4.69) is 5.32 Å². The number of hydrogen-bond donors (Lipinski definition) is 2. The Balaban J connectivity index is 1.72. The summed E-state index contributed by atoms with van der Waals surface area (Å²) in [6.07, 6.45) is 5.23. The number of carbonyl (C=O) groups excluding carboxylic acids is 1. The zero-order valence-corrected chi connectivity index (χ0v) is 10.8. The van der Waals surface area contributed by atoms with Crippen LogP contribution in [0.25, 0.3) is 0 Å². The lowest BCUT2D eigenvalue weighted by Crippen LogP contribution is -2.17. The van der Waals surface area contributed by atoms with Crippen molar-refractivity contribution in [2.75, 3.05) is 17.7 Å². The molecule has 0 aliphatic heterocycles. The topological polar surface area (TPSA) is 64.3 Å². The van der Waals surface area contributed by atoms with Gasteiger partial charge in [-0.1, -0.05) is 12.8 Å². The highest BCUT2D eigenvalue weighted by atomic mass is 19.1. The summed E-state index contributed by atoms with van der Waals surface area (Å²) < 4.78 is 18.6. The van der Waals surface area contributed by atoms with E-state index in [0.29, 0.717) is 24.8 Å². The Bertz CT molecular complexity index is 445. The number of ether oxygens (including phenoxy) is 1. The van der Waals surface area contributed by atoms with Crippen molar-refractivity contribution < 1.29 is 13.9 Å². The minimum Gasteiger partial charge on any atom is -0.396 e. The lowest BCUT2D eigenvalue weighted by molar-refractivity contribution is -0.117. The standard InChI is InChI=1S/C14H19FN2O2/c15-12-6-5-10(9-13(12)16)17-14(18)7-8-19-11-3-1-2-4-11/h5-6,9,11H,1-4,7-8,16H2,(H,17,18). The van der Waals surface area contributed by atoms with E-state index in [1.807, 2.05) is 0 Å². The highest BCUT2D eigenvalue weighted by Crippen LogP contribution is 2.21. The quantitative estimate of drug-likeness (QED) is 0.805.